The molecule has 1 N–H and O–H groups in total. The largest absolute Gasteiger partial charge is 0.496 e. The van der Waals surface area contributed by atoms with Crippen molar-refractivity contribution in [1.29, 1.82) is 0 Å². The lowest BCUT2D eigenvalue weighted by Crippen LogP contribution is -2.42. The molecule has 1 unspecified atom stereocenters. The van der Waals surface area contributed by atoms with Crippen LogP contribution in [0.2, 0.25) is 0 Å². The molecule has 0 aliphatic rings. The summed E-state index contributed by atoms with van der Waals surface area (Å²) >= 11 is 0. The van der Waals surface area contributed by atoms with Crippen molar-refractivity contribution in [2.45, 2.75) is 32.2 Å². The molecule has 0 aliphatic heterocycles. The molecule has 2 aromatic carbocycles. The van der Waals surface area contributed by atoms with Gasteiger partial charge in [-0.2, -0.15) is 13.2 Å². The van der Waals surface area contributed by atoms with Gasteiger partial charge in [-0.3, -0.25) is 9.69 Å². The van der Waals surface area contributed by atoms with Crippen molar-refractivity contribution in [2.24, 2.45) is 0 Å². The molecule has 0 radical (unpaired) electrons. The predicted molar refractivity (Wildman–Crippen MR) is 97.2 cm³/mol. The molecule has 2 aromatic rings. The molecule has 0 bridgehead atoms. The van der Waals surface area contributed by atoms with Gasteiger partial charge in [0.2, 0.25) is 5.91 Å². The van der Waals surface area contributed by atoms with Crippen LogP contribution in [0.3, 0.4) is 0 Å². The Balaban J connectivity index is 1.92. The van der Waals surface area contributed by atoms with Gasteiger partial charge in [0.25, 0.3) is 0 Å². The van der Waals surface area contributed by atoms with Crippen LogP contribution in [-0.2, 0) is 24.1 Å². The van der Waals surface area contributed by atoms with Gasteiger partial charge < -0.3 is 10.1 Å². The molecular weight excluding hydrogens is 357 g/mol. The Hall–Kier alpha value is -2.54. The fourth-order valence-electron chi connectivity index (χ4n) is 2.60. The summed E-state index contributed by atoms with van der Waals surface area (Å²) in [6.07, 6.45) is -4.35. The average Bonchev–Trinajstić information content (AvgIpc) is 2.65. The Bertz CT molecular complexity index is 761. The van der Waals surface area contributed by atoms with Crippen LogP contribution in [0.4, 0.5) is 13.2 Å². The van der Waals surface area contributed by atoms with Crippen LogP contribution in [-0.4, -0.2) is 31.0 Å². The highest BCUT2D eigenvalue weighted by Crippen LogP contribution is 2.29. The van der Waals surface area contributed by atoms with Crippen molar-refractivity contribution in [3.05, 3.63) is 65.2 Å². The third-order valence-corrected chi connectivity index (χ3v) is 4.40. The van der Waals surface area contributed by atoms with Crippen LogP contribution in [0.5, 0.6) is 5.75 Å². The maximum Gasteiger partial charge on any atom is 0.416 e. The maximum atomic E-state index is 12.6. The van der Waals surface area contributed by atoms with E-state index < -0.39 is 17.8 Å². The van der Waals surface area contributed by atoms with Crippen LogP contribution in [0.15, 0.2) is 48.5 Å². The number of amides is 1. The number of para-hydroxylation sites is 1. The topological polar surface area (TPSA) is 41.6 Å². The van der Waals surface area contributed by atoms with Crippen LogP contribution in [0, 0.1) is 0 Å². The monoisotopic (exact) mass is 380 g/mol. The molecule has 0 aliphatic carbocycles. The number of carbonyl (C=O) groups excluding carboxylic acids is 1. The fourth-order valence-corrected chi connectivity index (χ4v) is 2.60. The molecule has 7 heteroatoms. The molecule has 0 saturated carbocycles. The lowest BCUT2D eigenvalue weighted by molar-refractivity contribution is -0.137. The summed E-state index contributed by atoms with van der Waals surface area (Å²) in [6, 6.07) is 11.9. The predicted octanol–water partition coefficient (Wildman–Crippen LogP) is 3.85. The molecule has 27 heavy (non-hydrogen) atoms. The van der Waals surface area contributed by atoms with Gasteiger partial charge in [0, 0.05) is 18.7 Å². The third-order valence-electron chi connectivity index (χ3n) is 4.40. The Morgan fingerprint density at radius 1 is 1.15 bits per heavy atom. The normalized spacial score (nSPS) is 12.7. The number of benzene rings is 2. The van der Waals surface area contributed by atoms with Crippen LogP contribution >= 0.6 is 0 Å². The van der Waals surface area contributed by atoms with Gasteiger partial charge in [-0.15, -0.1) is 0 Å². The maximum absolute atomic E-state index is 12.6. The molecule has 0 aromatic heterocycles. The van der Waals surface area contributed by atoms with E-state index >= 15 is 0 Å². The summed E-state index contributed by atoms with van der Waals surface area (Å²) in [7, 11) is 3.33. The number of rotatable bonds is 7. The minimum Gasteiger partial charge on any atom is -0.496 e. The first-order chi connectivity index (χ1) is 12.7. The summed E-state index contributed by atoms with van der Waals surface area (Å²) in [4.78, 5) is 14.2. The molecule has 146 valence electrons. The molecule has 0 saturated heterocycles. The van der Waals surface area contributed by atoms with E-state index in [0.717, 1.165) is 17.7 Å². The standard InChI is InChI=1S/C20H23F3N2O2/c1-14(19(26)24-12-16-6-4-5-7-18(16)27-3)25(2)13-15-8-10-17(11-9-15)20(21,22)23/h4-11,14H,12-13H2,1-3H3,(H,24,26). The van der Waals surface area contributed by atoms with Crippen molar-refractivity contribution in [3.8, 4) is 5.75 Å². The molecule has 1 atom stereocenters. The number of ether oxygens (including phenoxy) is 1. The van der Waals surface area contributed by atoms with Gasteiger partial charge >= 0.3 is 6.18 Å². The second-order valence-electron chi connectivity index (χ2n) is 6.32. The number of hydrogen-bond acceptors (Lipinski definition) is 3. The first-order valence-corrected chi connectivity index (χ1v) is 8.48. The van der Waals surface area contributed by atoms with E-state index in [2.05, 4.69) is 5.32 Å². The number of hydrogen-bond donors (Lipinski definition) is 1. The summed E-state index contributed by atoms with van der Waals surface area (Å²) in [5, 5.41) is 2.86. The number of methoxy groups -OCH3 is 1. The lowest BCUT2D eigenvalue weighted by Gasteiger charge is -2.24. The zero-order valence-electron chi connectivity index (χ0n) is 15.5. The van der Waals surface area contributed by atoms with Gasteiger partial charge in [0.05, 0.1) is 18.7 Å². The quantitative estimate of drug-likeness (QED) is 0.793. The minimum absolute atomic E-state index is 0.171. The molecular formula is C20H23F3N2O2. The Morgan fingerprint density at radius 3 is 2.37 bits per heavy atom. The van der Waals surface area contributed by atoms with Gasteiger partial charge in [0.15, 0.2) is 0 Å². The molecule has 0 heterocycles. The Kier molecular flexibility index (Phi) is 6.85. The second kappa shape index (κ2) is 8.90. The highest BCUT2D eigenvalue weighted by Gasteiger charge is 2.30. The van der Waals surface area contributed by atoms with E-state index in [1.54, 1.807) is 26.0 Å². The summed E-state index contributed by atoms with van der Waals surface area (Å²) < 4.78 is 43.1. The average molecular weight is 380 g/mol. The third kappa shape index (κ3) is 5.72. The number of nitrogens with zero attached hydrogens (tertiary/aromatic N) is 1. The van der Waals surface area contributed by atoms with Crippen molar-refractivity contribution in [1.82, 2.24) is 10.2 Å². The first kappa shape index (κ1) is 20.8. The van der Waals surface area contributed by atoms with Gasteiger partial charge in [0.1, 0.15) is 5.75 Å². The van der Waals surface area contributed by atoms with Crippen molar-refractivity contribution >= 4 is 5.91 Å². The first-order valence-electron chi connectivity index (χ1n) is 8.48. The Morgan fingerprint density at radius 2 is 1.78 bits per heavy atom. The number of likely N-dealkylation sites (N-methyl/N-ethyl adjacent to an activating group) is 1. The zero-order valence-corrected chi connectivity index (χ0v) is 15.5. The molecule has 4 nitrogen and oxygen atoms in total. The van der Waals surface area contributed by atoms with Crippen molar-refractivity contribution in [3.63, 3.8) is 0 Å². The summed E-state index contributed by atoms with van der Waals surface area (Å²) in [6.45, 7) is 2.45. The fraction of sp³-hybridized carbons (Fsp3) is 0.350. The number of alkyl halides is 3. The van der Waals surface area contributed by atoms with Crippen LogP contribution < -0.4 is 10.1 Å². The summed E-state index contributed by atoms with van der Waals surface area (Å²) in [5.74, 6) is 0.527. The van der Waals surface area contributed by atoms with Gasteiger partial charge in [-0.1, -0.05) is 30.3 Å². The highest BCUT2D eigenvalue weighted by molar-refractivity contribution is 5.81. The van der Waals surface area contributed by atoms with Gasteiger partial charge in [-0.25, -0.2) is 0 Å². The van der Waals surface area contributed by atoms with E-state index in [0.29, 0.717) is 24.4 Å². The van der Waals surface area contributed by atoms with Crippen molar-refractivity contribution < 1.29 is 22.7 Å². The second-order valence-corrected chi connectivity index (χ2v) is 6.32. The molecule has 0 spiro atoms. The number of halogens is 3. The molecule has 1 amide bonds. The van der Waals surface area contributed by atoms with E-state index in [4.69, 9.17) is 4.74 Å². The highest BCUT2D eigenvalue weighted by atomic mass is 19.4. The van der Waals surface area contributed by atoms with Crippen molar-refractivity contribution in [2.75, 3.05) is 14.2 Å². The minimum atomic E-state index is -4.35. The van der Waals surface area contributed by atoms with E-state index in [9.17, 15) is 18.0 Å². The van der Waals surface area contributed by atoms with Gasteiger partial charge in [-0.05, 0) is 37.7 Å². The van der Waals surface area contributed by atoms with E-state index in [1.807, 2.05) is 24.3 Å². The molecule has 2 rings (SSSR count). The number of nitrogens with one attached hydrogen (secondary N) is 1. The Labute approximate surface area is 156 Å². The van der Waals surface area contributed by atoms with Crippen LogP contribution in [0.1, 0.15) is 23.6 Å². The van der Waals surface area contributed by atoms with E-state index in [1.165, 1.54) is 12.1 Å². The lowest BCUT2D eigenvalue weighted by atomic mass is 10.1. The van der Waals surface area contributed by atoms with Crippen LogP contribution in [0.25, 0.3) is 0 Å². The zero-order chi connectivity index (χ0) is 20.0. The SMILES string of the molecule is COc1ccccc1CNC(=O)C(C)N(C)Cc1ccc(C(F)(F)F)cc1. The summed E-state index contributed by atoms with van der Waals surface area (Å²) in [5.41, 5.74) is 0.886. The number of carbonyl (C=O) groups is 1. The molecule has 0 fully saturated rings. The smallest absolute Gasteiger partial charge is 0.416 e. The van der Waals surface area contributed by atoms with E-state index in [-0.39, 0.29) is 5.91 Å².